The minimum atomic E-state index is -0.748. The van der Waals surface area contributed by atoms with Crippen LogP contribution in [-0.4, -0.2) is 23.0 Å². The second-order valence-corrected chi connectivity index (χ2v) is 6.70. The molecule has 4 heteroatoms. The highest BCUT2D eigenvalue weighted by Gasteiger charge is 2.15. The third kappa shape index (κ3) is 10.5. The number of nitrogens with one attached hydrogen (secondary N) is 1. The SMILES string of the molecule is CC(CCCC(C)C(=O)O)NC(=O)CCC(C)(C)C. The van der Waals surface area contributed by atoms with Crippen LogP contribution in [0.25, 0.3) is 0 Å². The fourth-order valence-corrected chi connectivity index (χ4v) is 1.76. The van der Waals surface area contributed by atoms with Crippen LogP contribution in [0.5, 0.6) is 0 Å². The maximum absolute atomic E-state index is 11.7. The lowest BCUT2D eigenvalue weighted by atomic mass is 9.90. The first kappa shape index (κ1) is 17.9. The van der Waals surface area contributed by atoms with Crippen molar-refractivity contribution in [2.75, 3.05) is 0 Å². The zero-order valence-electron chi connectivity index (χ0n) is 13.0. The van der Waals surface area contributed by atoms with Crippen molar-refractivity contribution < 1.29 is 14.7 Å². The maximum atomic E-state index is 11.7. The lowest BCUT2D eigenvalue weighted by Crippen LogP contribution is -2.33. The van der Waals surface area contributed by atoms with E-state index in [-0.39, 0.29) is 23.3 Å². The van der Waals surface area contributed by atoms with Gasteiger partial charge in [-0.2, -0.15) is 0 Å². The number of carbonyl (C=O) groups excluding carboxylic acids is 1. The van der Waals surface area contributed by atoms with Gasteiger partial charge in [-0.15, -0.1) is 0 Å². The monoisotopic (exact) mass is 271 g/mol. The third-order valence-corrected chi connectivity index (χ3v) is 3.21. The smallest absolute Gasteiger partial charge is 0.306 e. The van der Waals surface area contributed by atoms with E-state index in [0.29, 0.717) is 12.8 Å². The number of hydrogen-bond acceptors (Lipinski definition) is 2. The molecule has 112 valence electrons. The van der Waals surface area contributed by atoms with Crippen LogP contribution in [0.4, 0.5) is 0 Å². The van der Waals surface area contributed by atoms with Crippen LogP contribution >= 0.6 is 0 Å². The predicted molar refractivity (Wildman–Crippen MR) is 76.9 cm³/mol. The van der Waals surface area contributed by atoms with E-state index < -0.39 is 5.97 Å². The standard InChI is InChI=1S/C15H29NO3/c1-11(14(18)19)7-6-8-12(2)16-13(17)9-10-15(3,4)5/h11-12H,6-10H2,1-5H3,(H,16,17)(H,18,19). The third-order valence-electron chi connectivity index (χ3n) is 3.21. The molecule has 0 aromatic rings. The molecule has 0 aliphatic heterocycles. The van der Waals surface area contributed by atoms with Gasteiger partial charge in [0.05, 0.1) is 5.92 Å². The minimum Gasteiger partial charge on any atom is -0.481 e. The highest BCUT2D eigenvalue weighted by molar-refractivity contribution is 5.76. The van der Waals surface area contributed by atoms with E-state index in [1.54, 1.807) is 6.92 Å². The summed E-state index contributed by atoms with van der Waals surface area (Å²) in [4.78, 5) is 22.4. The average molecular weight is 271 g/mol. The molecule has 0 radical (unpaired) electrons. The molecule has 0 fully saturated rings. The van der Waals surface area contributed by atoms with Gasteiger partial charge in [-0.1, -0.05) is 34.1 Å². The minimum absolute atomic E-state index is 0.0914. The summed E-state index contributed by atoms with van der Waals surface area (Å²) in [5.41, 5.74) is 0.178. The van der Waals surface area contributed by atoms with Crippen LogP contribution in [-0.2, 0) is 9.59 Å². The molecule has 0 aromatic heterocycles. The van der Waals surface area contributed by atoms with Gasteiger partial charge in [0.1, 0.15) is 0 Å². The molecule has 0 spiro atoms. The molecule has 2 atom stereocenters. The Morgan fingerprint density at radius 2 is 1.74 bits per heavy atom. The Morgan fingerprint density at radius 1 is 1.16 bits per heavy atom. The molecule has 0 aromatic carbocycles. The summed E-state index contributed by atoms with van der Waals surface area (Å²) < 4.78 is 0. The molecule has 0 saturated heterocycles. The molecule has 0 aliphatic rings. The first-order chi connectivity index (χ1) is 8.61. The normalized spacial score (nSPS) is 14.8. The molecule has 0 rings (SSSR count). The predicted octanol–water partition coefficient (Wildman–Crippen LogP) is 3.21. The molecule has 0 saturated carbocycles. The zero-order chi connectivity index (χ0) is 15.1. The largest absolute Gasteiger partial charge is 0.481 e. The molecule has 0 aliphatic carbocycles. The van der Waals surface area contributed by atoms with Crippen LogP contribution in [0.2, 0.25) is 0 Å². The van der Waals surface area contributed by atoms with E-state index in [2.05, 4.69) is 26.1 Å². The van der Waals surface area contributed by atoms with Crippen LogP contribution in [0.1, 0.15) is 66.7 Å². The van der Waals surface area contributed by atoms with Crippen LogP contribution in [0.3, 0.4) is 0 Å². The molecule has 0 heterocycles. The van der Waals surface area contributed by atoms with E-state index in [1.807, 2.05) is 6.92 Å². The number of carbonyl (C=O) groups is 2. The molecule has 2 N–H and O–H groups in total. The summed E-state index contributed by atoms with van der Waals surface area (Å²) in [6, 6.07) is 0.119. The van der Waals surface area contributed by atoms with Crippen molar-refractivity contribution in [3.05, 3.63) is 0 Å². The lowest BCUT2D eigenvalue weighted by molar-refractivity contribution is -0.141. The van der Waals surface area contributed by atoms with Gasteiger partial charge in [-0.3, -0.25) is 9.59 Å². The summed E-state index contributed by atoms with van der Waals surface area (Å²) in [6.07, 6.45) is 3.76. The van der Waals surface area contributed by atoms with Crippen molar-refractivity contribution in [1.82, 2.24) is 5.32 Å². The van der Waals surface area contributed by atoms with Crippen molar-refractivity contribution in [3.8, 4) is 0 Å². The Bertz CT molecular complexity index is 294. The van der Waals surface area contributed by atoms with Gasteiger partial charge in [0, 0.05) is 12.5 Å². The van der Waals surface area contributed by atoms with E-state index >= 15 is 0 Å². The Morgan fingerprint density at radius 3 is 2.21 bits per heavy atom. The van der Waals surface area contributed by atoms with Gasteiger partial charge in [-0.25, -0.2) is 0 Å². The summed E-state index contributed by atoms with van der Waals surface area (Å²) in [7, 11) is 0. The van der Waals surface area contributed by atoms with E-state index in [0.717, 1.165) is 19.3 Å². The molecule has 19 heavy (non-hydrogen) atoms. The average Bonchev–Trinajstić information content (AvgIpc) is 2.25. The van der Waals surface area contributed by atoms with Crippen molar-refractivity contribution in [2.45, 2.75) is 72.8 Å². The fourth-order valence-electron chi connectivity index (χ4n) is 1.76. The van der Waals surface area contributed by atoms with Crippen LogP contribution in [0, 0.1) is 11.3 Å². The second kappa shape index (κ2) is 8.18. The van der Waals surface area contributed by atoms with Gasteiger partial charge in [-0.05, 0) is 31.6 Å². The molecular formula is C15H29NO3. The topological polar surface area (TPSA) is 66.4 Å². The van der Waals surface area contributed by atoms with Gasteiger partial charge < -0.3 is 10.4 Å². The quantitative estimate of drug-likeness (QED) is 0.712. The van der Waals surface area contributed by atoms with Crippen LogP contribution in [0.15, 0.2) is 0 Å². The van der Waals surface area contributed by atoms with Gasteiger partial charge >= 0.3 is 5.97 Å². The number of carboxylic acid groups (broad SMARTS) is 1. The van der Waals surface area contributed by atoms with E-state index in [4.69, 9.17) is 5.11 Å². The van der Waals surface area contributed by atoms with Crippen molar-refractivity contribution in [1.29, 1.82) is 0 Å². The molecule has 2 unspecified atom stereocenters. The number of hydrogen-bond donors (Lipinski definition) is 2. The molecule has 0 bridgehead atoms. The highest BCUT2D eigenvalue weighted by Crippen LogP contribution is 2.20. The maximum Gasteiger partial charge on any atom is 0.306 e. The molecule has 4 nitrogen and oxygen atoms in total. The van der Waals surface area contributed by atoms with Crippen molar-refractivity contribution in [2.24, 2.45) is 11.3 Å². The molecular weight excluding hydrogens is 242 g/mol. The van der Waals surface area contributed by atoms with Crippen molar-refractivity contribution in [3.63, 3.8) is 0 Å². The Hall–Kier alpha value is -1.06. The van der Waals surface area contributed by atoms with Crippen molar-refractivity contribution >= 4 is 11.9 Å². The number of carboxylic acids is 1. The summed E-state index contributed by atoms with van der Waals surface area (Å²) in [5.74, 6) is -0.959. The Balaban J connectivity index is 3.77. The van der Waals surface area contributed by atoms with Gasteiger partial charge in [0.15, 0.2) is 0 Å². The second-order valence-electron chi connectivity index (χ2n) is 6.70. The number of rotatable bonds is 8. The Kier molecular flexibility index (Phi) is 7.72. The van der Waals surface area contributed by atoms with Gasteiger partial charge in [0.25, 0.3) is 0 Å². The Labute approximate surface area is 117 Å². The summed E-state index contributed by atoms with van der Waals surface area (Å²) in [6.45, 7) is 10.1. The fraction of sp³-hybridized carbons (Fsp3) is 0.867. The number of amides is 1. The summed E-state index contributed by atoms with van der Waals surface area (Å²) >= 11 is 0. The lowest BCUT2D eigenvalue weighted by Gasteiger charge is -2.19. The number of aliphatic carboxylic acids is 1. The van der Waals surface area contributed by atoms with E-state index in [1.165, 1.54) is 0 Å². The van der Waals surface area contributed by atoms with E-state index in [9.17, 15) is 9.59 Å². The van der Waals surface area contributed by atoms with Gasteiger partial charge in [0.2, 0.25) is 5.91 Å². The molecule has 1 amide bonds. The van der Waals surface area contributed by atoms with Crippen LogP contribution < -0.4 is 5.32 Å². The summed E-state index contributed by atoms with van der Waals surface area (Å²) in [5, 5.41) is 11.7. The highest BCUT2D eigenvalue weighted by atomic mass is 16.4. The first-order valence-electron chi connectivity index (χ1n) is 7.14. The zero-order valence-corrected chi connectivity index (χ0v) is 13.0. The first-order valence-corrected chi connectivity index (χ1v) is 7.14.